The predicted molar refractivity (Wildman–Crippen MR) is 83.8 cm³/mol. The first-order valence-electron chi connectivity index (χ1n) is 7.24. The predicted octanol–water partition coefficient (Wildman–Crippen LogP) is 0.774. The lowest BCUT2D eigenvalue weighted by atomic mass is 10.1. The molecule has 2 aliphatic heterocycles. The van der Waals surface area contributed by atoms with Gasteiger partial charge in [-0.2, -0.15) is 0 Å². The normalized spacial score (nSPS) is 17.9. The Balaban J connectivity index is 0.00000161. The number of halogens is 1. The Hall–Kier alpha value is -1.14. The van der Waals surface area contributed by atoms with Crippen LogP contribution in [-0.4, -0.2) is 50.1 Å². The number of nitrogens with zero attached hydrogens (tertiary/aromatic N) is 1. The largest absolute Gasteiger partial charge is 0.372 e. The van der Waals surface area contributed by atoms with Gasteiger partial charge in [-0.3, -0.25) is 9.69 Å². The van der Waals surface area contributed by atoms with Crippen LogP contribution < -0.4 is 10.6 Å². The lowest BCUT2D eigenvalue weighted by Gasteiger charge is -2.27. The average Bonchev–Trinajstić information content (AvgIpc) is 2.95. The minimum atomic E-state index is 0. The highest BCUT2D eigenvalue weighted by Gasteiger charge is 2.14. The van der Waals surface area contributed by atoms with Crippen LogP contribution in [0.25, 0.3) is 0 Å². The maximum absolute atomic E-state index is 12.1. The zero-order valence-corrected chi connectivity index (χ0v) is 12.9. The molecule has 116 valence electrons. The Labute approximate surface area is 131 Å². The first-order chi connectivity index (χ1) is 9.83. The number of rotatable bonds is 4. The Kier molecular flexibility index (Phi) is 5.99. The van der Waals surface area contributed by atoms with E-state index in [-0.39, 0.29) is 18.3 Å². The van der Waals surface area contributed by atoms with Crippen LogP contribution in [0.5, 0.6) is 0 Å². The number of carbonyl (C=O) groups is 1. The fraction of sp³-hybridized carbons (Fsp3) is 0.533. The van der Waals surface area contributed by atoms with Crippen LogP contribution in [0.2, 0.25) is 0 Å². The van der Waals surface area contributed by atoms with E-state index in [2.05, 4.69) is 15.5 Å². The fourth-order valence-electron chi connectivity index (χ4n) is 2.68. The van der Waals surface area contributed by atoms with Crippen LogP contribution >= 0.6 is 12.4 Å². The Bertz CT molecular complexity index is 490. The first-order valence-corrected chi connectivity index (χ1v) is 7.24. The molecule has 0 atom stereocenters. The molecule has 0 spiro atoms. The van der Waals surface area contributed by atoms with Gasteiger partial charge in [0.15, 0.2) is 0 Å². The molecular formula is C15H22ClN3O2. The number of hydrogen-bond acceptors (Lipinski definition) is 4. The lowest BCUT2D eigenvalue weighted by molar-refractivity contribution is 0.0947. The molecule has 1 aromatic rings. The summed E-state index contributed by atoms with van der Waals surface area (Å²) in [6.07, 6.45) is 0. The zero-order chi connectivity index (χ0) is 13.8. The van der Waals surface area contributed by atoms with Gasteiger partial charge >= 0.3 is 0 Å². The molecule has 2 N–H and O–H groups in total. The highest BCUT2D eigenvalue weighted by Crippen LogP contribution is 2.20. The quantitative estimate of drug-likeness (QED) is 0.862. The van der Waals surface area contributed by atoms with E-state index < -0.39 is 0 Å². The second kappa shape index (κ2) is 7.75. The summed E-state index contributed by atoms with van der Waals surface area (Å²) in [5, 5.41) is 6.32. The van der Waals surface area contributed by atoms with Gasteiger partial charge in [-0.15, -0.1) is 12.4 Å². The van der Waals surface area contributed by atoms with Crippen molar-refractivity contribution in [3.8, 4) is 0 Å². The van der Waals surface area contributed by atoms with Crippen LogP contribution in [0.4, 0.5) is 0 Å². The van der Waals surface area contributed by atoms with Crippen LogP contribution in [0.3, 0.4) is 0 Å². The van der Waals surface area contributed by atoms with Gasteiger partial charge in [0.05, 0.1) is 13.2 Å². The number of benzene rings is 1. The van der Waals surface area contributed by atoms with Crippen molar-refractivity contribution in [2.75, 3.05) is 39.3 Å². The second-order valence-corrected chi connectivity index (χ2v) is 5.32. The van der Waals surface area contributed by atoms with Gasteiger partial charge in [0, 0.05) is 44.8 Å². The molecular weight excluding hydrogens is 290 g/mol. The van der Waals surface area contributed by atoms with E-state index >= 15 is 0 Å². The maximum atomic E-state index is 12.1. The lowest BCUT2D eigenvalue weighted by Crippen LogP contribution is -2.46. The third-order valence-electron chi connectivity index (χ3n) is 3.91. The van der Waals surface area contributed by atoms with Crippen molar-refractivity contribution in [1.29, 1.82) is 0 Å². The molecule has 0 radical (unpaired) electrons. The molecule has 21 heavy (non-hydrogen) atoms. The van der Waals surface area contributed by atoms with Crippen molar-refractivity contribution in [2.45, 2.75) is 13.2 Å². The van der Waals surface area contributed by atoms with Gasteiger partial charge in [0.2, 0.25) is 0 Å². The van der Waals surface area contributed by atoms with Crippen LogP contribution in [-0.2, 0) is 18.0 Å². The van der Waals surface area contributed by atoms with E-state index in [1.54, 1.807) is 0 Å². The summed E-state index contributed by atoms with van der Waals surface area (Å²) >= 11 is 0. The van der Waals surface area contributed by atoms with E-state index in [1.165, 1.54) is 5.56 Å². The highest BCUT2D eigenvalue weighted by atomic mass is 35.5. The fourth-order valence-corrected chi connectivity index (χ4v) is 2.68. The van der Waals surface area contributed by atoms with Gasteiger partial charge in [-0.25, -0.2) is 0 Å². The minimum Gasteiger partial charge on any atom is -0.372 e. The molecule has 5 nitrogen and oxygen atoms in total. The molecule has 1 aromatic carbocycles. The average molecular weight is 312 g/mol. The SMILES string of the molecule is Cl.O=C(NCCN1CCNCC1)c1ccc2c(c1)COC2. The monoisotopic (exact) mass is 311 g/mol. The third kappa shape index (κ3) is 4.17. The van der Waals surface area contributed by atoms with Crippen molar-refractivity contribution in [3.63, 3.8) is 0 Å². The van der Waals surface area contributed by atoms with Crippen LogP contribution in [0.15, 0.2) is 18.2 Å². The molecule has 0 aromatic heterocycles. The molecule has 3 rings (SSSR count). The van der Waals surface area contributed by atoms with Gasteiger partial charge in [0.1, 0.15) is 0 Å². The van der Waals surface area contributed by atoms with Gasteiger partial charge in [-0.05, 0) is 23.3 Å². The van der Waals surface area contributed by atoms with Crippen molar-refractivity contribution < 1.29 is 9.53 Å². The summed E-state index contributed by atoms with van der Waals surface area (Å²) in [5.74, 6) is 0.00911. The van der Waals surface area contributed by atoms with Gasteiger partial charge < -0.3 is 15.4 Å². The number of amides is 1. The zero-order valence-electron chi connectivity index (χ0n) is 12.1. The van der Waals surface area contributed by atoms with Crippen LogP contribution in [0, 0.1) is 0 Å². The molecule has 1 fully saturated rings. The molecule has 2 aliphatic rings. The Morgan fingerprint density at radius 1 is 1.24 bits per heavy atom. The first kappa shape index (κ1) is 16.2. The number of fused-ring (bicyclic) bond motifs is 1. The van der Waals surface area contributed by atoms with E-state index in [4.69, 9.17) is 4.74 Å². The minimum absolute atomic E-state index is 0. The van der Waals surface area contributed by atoms with Crippen molar-refractivity contribution in [1.82, 2.24) is 15.5 Å². The molecule has 0 saturated carbocycles. The summed E-state index contributed by atoms with van der Waals surface area (Å²) in [7, 11) is 0. The van der Waals surface area contributed by atoms with Crippen LogP contribution in [0.1, 0.15) is 21.5 Å². The molecule has 0 unspecified atom stereocenters. The summed E-state index contributed by atoms with van der Waals surface area (Å²) < 4.78 is 5.37. The standard InChI is InChI=1S/C15H21N3O2.ClH/c19-15(17-5-8-18-6-3-16-4-7-18)12-1-2-13-10-20-11-14(13)9-12;/h1-2,9,16H,3-8,10-11H2,(H,17,19);1H. The van der Waals surface area contributed by atoms with E-state index in [1.807, 2.05) is 18.2 Å². The number of hydrogen-bond donors (Lipinski definition) is 2. The number of ether oxygens (including phenoxy) is 1. The second-order valence-electron chi connectivity index (χ2n) is 5.32. The Morgan fingerprint density at radius 3 is 2.81 bits per heavy atom. The highest BCUT2D eigenvalue weighted by molar-refractivity contribution is 5.94. The maximum Gasteiger partial charge on any atom is 0.251 e. The smallest absolute Gasteiger partial charge is 0.251 e. The summed E-state index contributed by atoms with van der Waals surface area (Å²) in [6.45, 7) is 7.11. The van der Waals surface area contributed by atoms with Crippen molar-refractivity contribution in [2.24, 2.45) is 0 Å². The molecule has 1 saturated heterocycles. The topological polar surface area (TPSA) is 53.6 Å². The van der Waals surface area contributed by atoms with E-state index in [0.717, 1.165) is 43.9 Å². The summed E-state index contributed by atoms with van der Waals surface area (Å²) in [4.78, 5) is 14.5. The summed E-state index contributed by atoms with van der Waals surface area (Å²) in [5.41, 5.74) is 3.07. The van der Waals surface area contributed by atoms with E-state index in [9.17, 15) is 4.79 Å². The molecule has 0 bridgehead atoms. The number of carbonyl (C=O) groups excluding carboxylic acids is 1. The number of nitrogens with one attached hydrogen (secondary N) is 2. The molecule has 6 heteroatoms. The van der Waals surface area contributed by atoms with Crippen molar-refractivity contribution >= 4 is 18.3 Å². The third-order valence-corrected chi connectivity index (χ3v) is 3.91. The van der Waals surface area contributed by atoms with Crippen molar-refractivity contribution in [3.05, 3.63) is 34.9 Å². The van der Waals surface area contributed by atoms with Gasteiger partial charge in [-0.1, -0.05) is 6.07 Å². The Morgan fingerprint density at radius 2 is 2.00 bits per heavy atom. The molecule has 2 heterocycles. The number of piperazine rings is 1. The van der Waals surface area contributed by atoms with Gasteiger partial charge in [0.25, 0.3) is 5.91 Å². The molecule has 1 amide bonds. The summed E-state index contributed by atoms with van der Waals surface area (Å²) in [6, 6.07) is 5.82. The molecule has 0 aliphatic carbocycles. The van der Waals surface area contributed by atoms with E-state index in [0.29, 0.717) is 19.8 Å².